The maximum atomic E-state index is 12.6. The van der Waals surface area contributed by atoms with Crippen LogP contribution in [0.4, 0.5) is 5.13 Å². The number of β-lactam (4-membered cyclic amide) rings is 1. The van der Waals surface area contributed by atoms with Crippen LogP contribution in [0.3, 0.4) is 0 Å². The number of nitrogens with zero attached hydrogens (tertiary/aromatic N) is 3. The first kappa shape index (κ1) is 27.1. The Labute approximate surface area is 207 Å². The molecule has 2 rings (SSSR count). The molecule has 2 unspecified atom stereocenters. The predicted molar refractivity (Wildman–Crippen MR) is 106 cm³/mol. The van der Waals surface area contributed by atoms with Gasteiger partial charge in [0.25, 0.3) is 11.8 Å². The second-order valence-electron chi connectivity index (χ2n) is 5.41. The molecule has 160 valence electrons. The molecule has 0 aromatic carbocycles. The van der Waals surface area contributed by atoms with Crippen LogP contribution in [0, 0.1) is 0 Å². The van der Waals surface area contributed by atoms with Crippen LogP contribution < -0.4 is 40.2 Å². The molecule has 1 aliphatic heterocycles. The number of nitrogens with one attached hydrogen (secondary N) is 2. The molecule has 1 aromatic heterocycles. The average molecular weight is 508 g/mol. The van der Waals surface area contributed by atoms with Crippen molar-refractivity contribution in [3.05, 3.63) is 11.1 Å². The van der Waals surface area contributed by atoms with Crippen LogP contribution in [-0.2, 0) is 29.5 Å². The maximum Gasteiger partial charge on any atom is 1.00 e. The smallest absolute Gasteiger partial charge is 0.731 e. The van der Waals surface area contributed by atoms with Gasteiger partial charge >= 0.3 is 29.6 Å². The first-order valence-electron chi connectivity index (χ1n) is 7.65. The standard InChI is InChI=1S/C13H16ClN5O7S3.Na/c1-26-18-9(6-4-28-13(15-6)16-8(20)3-14)11(21)17-10-7(5-27-2)19(12(10)22)29(23,24)25;/h4,7,10H,3,5H2,1-2H3,(H,17,21)(H,15,16,20)(H,23,24,25);/q;+1/p-1. The Balaban J connectivity index is 0.00000450. The van der Waals surface area contributed by atoms with Crippen molar-refractivity contribution in [2.75, 3.05) is 30.3 Å². The van der Waals surface area contributed by atoms with Crippen LogP contribution in [0.5, 0.6) is 0 Å². The number of alkyl halides is 1. The van der Waals surface area contributed by atoms with Crippen LogP contribution in [0.15, 0.2) is 10.5 Å². The Morgan fingerprint density at radius 1 is 1.50 bits per heavy atom. The van der Waals surface area contributed by atoms with Crippen LogP contribution in [0.25, 0.3) is 0 Å². The zero-order valence-corrected chi connectivity index (χ0v) is 21.2. The second kappa shape index (κ2) is 11.6. The summed E-state index contributed by atoms with van der Waals surface area (Å²) < 4.78 is 33.9. The largest absolute Gasteiger partial charge is 1.00 e. The summed E-state index contributed by atoms with van der Waals surface area (Å²) in [4.78, 5) is 44.7. The van der Waals surface area contributed by atoms with E-state index < -0.39 is 40.1 Å². The first-order chi connectivity index (χ1) is 13.6. The number of thiazole rings is 1. The minimum Gasteiger partial charge on any atom is -0.731 e. The SMILES string of the molecule is CON=C(C(=O)NC1C(=O)N(S(=O)(=O)[O-])C1CSC)c1csc(NC(=O)CCl)n1.[Na+]. The van der Waals surface area contributed by atoms with Crippen molar-refractivity contribution in [2.24, 2.45) is 5.16 Å². The number of anilines is 1. The van der Waals surface area contributed by atoms with Gasteiger partial charge in [0.2, 0.25) is 5.91 Å². The first-order valence-corrected chi connectivity index (χ1v) is 11.8. The summed E-state index contributed by atoms with van der Waals surface area (Å²) in [6, 6.07) is -2.25. The van der Waals surface area contributed by atoms with E-state index in [0.29, 0.717) is 0 Å². The molecule has 2 heterocycles. The topological polar surface area (TPSA) is 170 Å². The van der Waals surface area contributed by atoms with Gasteiger partial charge in [-0.25, -0.2) is 17.7 Å². The Hall–Kier alpha value is -0.940. The molecule has 0 spiro atoms. The zero-order valence-electron chi connectivity index (χ0n) is 15.9. The molecule has 1 fully saturated rings. The van der Waals surface area contributed by atoms with E-state index in [9.17, 15) is 27.4 Å². The summed E-state index contributed by atoms with van der Waals surface area (Å²) in [6.07, 6.45) is 1.65. The third-order valence-electron chi connectivity index (χ3n) is 3.55. The van der Waals surface area contributed by atoms with Gasteiger partial charge < -0.3 is 20.0 Å². The minimum absolute atomic E-state index is 0. The monoisotopic (exact) mass is 507 g/mol. The molecule has 30 heavy (non-hydrogen) atoms. The molecular formula is C13H15ClN5NaO7S3. The van der Waals surface area contributed by atoms with Gasteiger partial charge in [-0.2, -0.15) is 11.8 Å². The van der Waals surface area contributed by atoms with Gasteiger partial charge in [-0.15, -0.1) is 22.9 Å². The average Bonchev–Trinajstić information content (AvgIpc) is 3.10. The van der Waals surface area contributed by atoms with Gasteiger partial charge in [0.15, 0.2) is 21.1 Å². The van der Waals surface area contributed by atoms with E-state index in [4.69, 9.17) is 11.6 Å². The van der Waals surface area contributed by atoms with Crippen molar-refractivity contribution in [1.29, 1.82) is 0 Å². The van der Waals surface area contributed by atoms with Crippen molar-refractivity contribution >= 4 is 73.6 Å². The van der Waals surface area contributed by atoms with Gasteiger partial charge in [-0.1, -0.05) is 5.16 Å². The fourth-order valence-electron chi connectivity index (χ4n) is 2.38. The van der Waals surface area contributed by atoms with E-state index in [2.05, 4.69) is 25.6 Å². The Kier molecular flexibility index (Phi) is 10.5. The number of hydrogen-bond acceptors (Lipinski definition) is 11. The fraction of sp³-hybridized carbons (Fsp3) is 0.462. The van der Waals surface area contributed by atoms with Gasteiger partial charge in [0.1, 0.15) is 24.7 Å². The number of halogens is 1. The van der Waals surface area contributed by atoms with Crippen molar-refractivity contribution in [2.45, 2.75) is 12.1 Å². The van der Waals surface area contributed by atoms with E-state index >= 15 is 0 Å². The Morgan fingerprint density at radius 2 is 2.17 bits per heavy atom. The van der Waals surface area contributed by atoms with Gasteiger partial charge in [0, 0.05) is 11.1 Å². The van der Waals surface area contributed by atoms with Crippen molar-refractivity contribution in [1.82, 2.24) is 14.6 Å². The zero-order chi connectivity index (χ0) is 21.8. The minimum atomic E-state index is -5.00. The summed E-state index contributed by atoms with van der Waals surface area (Å²) in [5.41, 5.74) is -0.269. The molecule has 2 atom stereocenters. The number of carbonyl (C=O) groups is 3. The molecule has 2 N–H and O–H groups in total. The van der Waals surface area contributed by atoms with Crippen molar-refractivity contribution < 1.29 is 61.7 Å². The molecule has 1 aromatic rings. The second-order valence-corrected chi connectivity index (χ2v) is 8.69. The number of carbonyl (C=O) groups excluding carboxylic acids is 3. The van der Waals surface area contributed by atoms with Crippen LogP contribution in [0.2, 0.25) is 0 Å². The van der Waals surface area contributed by atoms with E-state index in [1.807, 2.05) is 0 Å². The van der Waals surface area contributed by atoms with E-state index in [1.54, 1.807) is 6.26 Å². The summed E-state index contributed by atoms with van der Waals surface area (Å²) in [5.74, 6) is -2.59. The van der Waals surface area contributed by atoms with Crippen LogP contribution in [0.1, 0.15) is 5.69 Å². The molecule has 0 aliphatic carbocycles. The summed E-state index contributed by atoms with van der Waals surface area (Å²) in [5, 5.41) is 9.91. The summed E-state index contributed by atoms with van der Waals surface area (Å²) >= 11 is 7.60. The van der Waals surface area contributed by atoms with Crippen molar-refractivity contribution in [3.8, 4) is 0 Å². The van der Waals surface area contributed by atoms with E-state index in [0.717, 1.165) is 11.3 Å². The Bertz CT molecular complexity index is 941. The number of amides is 3. The van der Waals surface area contributed by atoms with Gasteiger partial charge in [-0.05, 0) is 6.26 Å². The number of aromatic nitrogens is 1. The third-order valence-corrected chi connectivity index (χ3v) is 6.15. The van der Waals surface area contributed by atoms with Gasteiger partial charge in [-0.3, -0.25) is 14.4 Å². The predicted octanol–water partition coefficient (Wildman–Crippen LogP) is -3.81. The van der Waals surface area contributed by atoms with Crippen molar-refractivity contribution in [3.63, 3.8) is 0 Å². The van der Waals surface area contributed by atoms with Gasteiger partial charge in [0.05, 0.1) is 6.04 Å². The molecule has 3 amide bonds. The third kappa shape index (κ3) is 6.29. The Morgan fingerprint density at radius 3 is 2.70 bits per heavy atom. The maximum absolute atomic E-state index is 12.6. The molecule has 0 bridgehead atoms. The molecule has 0 radical (unpaired) electrons. The number of rotatable bonds is 9. The molecular weight excluding hydrogens is 493 g/mol. The summed E-state index contributed by atoms with van der Waals surface area (Å²) in [6.45, 7) is 0. The normalized spacial score (nSPS) is 18.9. The quantitative estimate of drug-likeness (QED) is 0.0849. The van der Waals surface area contributed by atoms with E-state index in [1.165, 1.54) is 24.3 Å². The molecule has 12 nitrogen and oxygen atoms in total. The van der Waals surface area contributed by atoms with E-state index in [-0.39, 0.29) is 62.0 Å². The van der Waals surface area contributed by atoms with Crippen LogP contribution in [-0.4, -0.2) is 82.8 Å². The fourth-order valence-corrected chi connectivity index (χ4v) is 4.80. The van der Waals surface area contributed by atoms with Crippen LogP contribution >= 0.6 is 34.7 Å². The molecule has 1 aliphatic rings. The molecule has 0 saturated carbocycles. The molecule has 1 saturated heterocycles. The number of oxime groups is 1. The number of thioether (sulfide) groups is 1. The molecule has 17 heteroatoms. The number of hydrogen-bond donors (Lipinski definition) is 2. The summed E-state index contributed by atoms with van der Waals surface area (Å²) in [7, 11) is -3.81.